The van der Waals surface area contributed by atoms with Crippen LogP contribution in [0.4, 0.5) is 0 Å². The lowest BCUT2D eigenvalue weighted by molar-refractivity contribution is 0.413. The first-order valence-corrected chi connectivity index (χ1v) is 5.41. The molecule has 0 fully saturated rings. The molecule has 5 heteroatoms. The maximum Gasteiger partial charge on any atom is 0.257 e. The van der Waals surface area contributed by atoms with E-state index in [1.807, 2.05) is 31.2 Å². The molecule has 1 aromatic heterocycles. The molecule has 2 rings (SSSR count). The minimum Gasteiger partial charge on any atom is -0.497 e. The summed E-state index contributed by atoms with van der Waals surface area (Å²) in [5, 5.41) is 3.88. The van der Waals surface area contributed by atoms with Crippen LogP contribution in [-0.4, -0.2) is 23.3 Å². The summed E-state index contributed by atoms with van der Waals surface area (Å²) in [6.07, 6.45) is 0.611. The highest BCUT2D eigenvalue weighted by Gasteiger charge is 2.09. The molecule has 1 aromatic carbocycles. The highest BCUT2D eigenvalue weighted by molar-refractivity contribution is 5.54. The molecule has 1 unspecified atom stereocenters. The summed E-state index contributed by atoms with van der Waals surface area (Å²) in [4.78, 5) is 4.28. The van der Waals surface area contributed by atoms with Crippen LogP contribution in [0.2, 0.25) is 0 Å². The van der Waals surface area contributed by atoms with Crippen molar-refractivity contribution in [2.45, 2.75) is 19.4 Å². The number of benzene rings is 1. The van der Waals surface area contributed by atoms with Gasteiger partial charge in [-0.25, -0.2) is 0 Å². The third-order valence-corrected chi connectivity index (χ3v) is 2.31. The van der Waals surface area contributed by atoms with E-state index in [1.165, 1.54) is 0 Å². The number of methoxy groups -OCH3 is 1. The van der Waals surface area contributed by atoms with Gasteiger partial charge >= 0.3 is 0 Å². The van der Waals surface area contributed by atoms with E-state index >= 15 is 0 Å². The number of rotatable bonds is 4. The minimum atomic E-state index is 0.0244. The molecule has 1 heterocycles. The summed E-state index contributed by atoms with van der Waals surface area (Å²) in [6, 6.07) is 7.48. The quantitative estimate of drug-likeness (QED) is 0.868. The van der Waals surface area contributed by atoms with Crippen LogP contribution in [0.15, 0.2) is 28.8 Å². The summed E-state index contributed by atoms with van der Waals surface area (Å²) < 4.78 is 10.2. The van der Waals surface area contributed by atoms with Gasteiger partial charge in [0.25, 0.3) is 5.89 Å². The van der Waals surface area contributed by atoms with Crippen molar-refractivity contribution in [3.63, 3.8) is 0 Å². The fourth-order valence-corrected chi connectivity index (χ4v) is 1.48. The highest BCUT2D eigenvalue weighted by atomic mass is 16.5. The molecule has 2 N–H and O–H groups in total. The molecular formula is C12H15N3O2. The van der Waals surface area contributed by atoms with Gasteiger partial charge in [0.15, 0.2) is 5.82 Å². The average Bonchev–Trinajstić information content (AvgIpc) is 2.77. The lowest BCUT2D eigenvalue weighted by Gasteiger charge is -1.99. The zero-order chi connectivity index (χ0) is 12.3. The van der Waals surface area contributed by atoms with Crippen LogP contribution < -0.4 is 10.5 Å². The van der Waals surface area contributed by atoms with Gasteiger partial charge in [-0.2, -0.15) is 4.98 Å². The van der Waals surface area contributed by atoms with Crippen LogP contribution in [0.3, 0.4) is 0 Å². The van der Waals surface area contributed by atoms with Crippen LogP contribution >= 0.6 is 0 Å². The van der Waals surface area contributed by atoms with Gasteiger partial charge in [0, 0.05) is 18.0 Å². The lowest BCUT2D eigenvalue weighted by atomic mass is 10.2. The summed E-state index contributed by atoms with van der Waals surface area (Å²) >= 11 is 0. The number of aromatic nitrogens is 2. The molecule has 0 bridgehead atoms. The fraction of sp³-hybridized carbons (Fsp3) is 0.333. The van der Waals surface area contributed by atoms with Gasteiger partial charge < -0.3 is 15.0 Å². The Labute approximate surface area is 99.6 Å². The normalized spacial score (nSPS) is 12.4. The van der Waals surface area contributed by atoms with Crippen LogP contribution in [0.1, 0.15) is 12.7 Å². The van der Waals surface area contributed by atoms with E-state index < -0.39 is 0 Å². The van der Waals surface area contributed by atoms with Crippen LogP contribution in [-0.2, 0) is 6.42 Å². The van der Waals surface area contributed by atoms with Crippen molar-refractivity contribution in [3.8, 4) is 17.2 Å². The van der Waals surface area contributed by atoms with Crippen molar-refractivity contribution in [2.24, 2.45) is 5.73 Å². The number of nitrogens with two attached hydrogens (primary N) is 1. The molecule has 0 radical (unpaired) electrons. The summed E-state index contributed by atoms with van der Waals surface area (Å²) in [5.41, 5.74) is 6.54. The summed E-state index contributed by atoms with van der Waals surface area (Å²) in [5.74, 6) is 1.93. The molecular weight excluding hydrogens is 218 g/mol. The Morgan fingerprint density at radius 2 is 2.06 bits per heavy atom. The maximum absolute atomic E-state index is 5.67. The molecule has 0 amide bonds. The van der Waals surface area contributed by atoms with E-state index in [-0.39, 0.29) is 6.04 Å². The second kappa shape index (κ2) is 4.97. The molecule has 0 aliphatic heterocycles. The molecule has 0 aliphatic carbocycles. The van der Waals surface area contributed by atoms with Crippen LogP contribution in [0.5, 0.6) is 5.75 Å². The topological polar surface area (TPSA) is 74.2 Å². The van der Waals surface area contributed by atoms with E-state index in [1.54, 1.807) is 7.11 Å². The molecule has 1 atom stereocenters. The monoisotopic (exact) mass is 233 g/mol. The average molecular weight is 233 g/mol. The summed E-state index contributed by atoms with van der Waals surface area (Å²) in [6.45, 7) is 1.91. The third-order valence-electron chi connectivity index (χ3n) is 2.31. The van der Waals surface area contributed by atoms with Gasteiger partial charge in [0.1, 0.15) is 5.75 Å². The SMILES string of the molecule is COc1ccc(-c2nc(CC(C)N)no2)cc1. The first-order chi connectivity index (χ1) is 8.19. The third kappa shape index (κ3) is 2.82. The van der Waals surface area contributed by atoms with Crippen molar-refractivity contribution in [3.05, 3.63) is 30.1 Å². The van der Waals surface area contributed by atoms with Crippen molar-refractivity contribution in [2.75, 3.05) is 7.11 Å². The number of ether oxygens (including phenoxy) is 1. The van der Waals surface area contributed by atoms with Crippen molar-refractivity contribution in [1.82, 2.24) is 10.1 Å². The van der Waals surface area contributed by atoms with Gasteiger partial charge in [0.05, 0.1) is 7.11 Å². The standard InChI is InChI=1S/C12H15N3O2/c1-8(13)7-11-14-12(17-15-11)9-3-5-10(16-2)6-4-9/h3-6,8H,7,13H2,1-2H3. The van der Waals surface area contributed by atoms with E-state index in [9.17, 15) is 0 Å². The van der Waals surface area contributed by atoms with Gasteiger partial charge in [-0.15, -0.1) is 0 Å². The first kappa shape index (κ1) is 11.6. The molecule has 0 saturated heterocycles. The van der Waals surface area contributed by atoms with Crippen molar-refractivity contribution >= 4 is 0 Å². The van der Waals surface area contributed by atoms with Crippen molar-refractivity contribution in [1.29, 1.82) is 0 Å². The second-order valence-electron chi connectivity index (χ2n) is 3.93. The van der Waals surface area contributed by atoms with Gasteiger partial charge in [-0.05, 0) is 31.2 Å². The van der Waals surface area contributed by atoms with Crippen LogP contribution in [0, 0.1) is 0 Å². The Kier molecular flexibility index (Phi) is 3.39. The summed E-state index contributed by atoms with van der Waals surface area (Å²) in [7, 11) is 1.63. The Bertz CT molecular complexity index is 477. The largest absolute Gasteiger partial charge is 0.497 e. The number of hydrogen-bond acceptors (Lipinski definition) is 5. The predicted octanol–water partition coefficient (Wildman–Crippen LogP) is 1.63. The zero-order valence-corrected chi connectivity index (χ0v) is 9.88. The fourth-order valence-electron chi connectivity index (χ4n) is 1.48. The minimum absolute atomic E-state index is 0.0244. The van der Waals surface area contributed by atoms with E-state index in [2.05, 4.69) is 10.1 Å². The number of nitrogens with zero attached hydrogens (tertiary/aromatic N) is 2. The zero-order valence-electron chi connectivity index (χ0n) is 9.88. The maximum atomic E-state index is 5.67. The van der Waals surface area contributed by atoms with E-state index in [4.69, 9.17) is 15.0 Å². The molecule has 0 aliphatic rings. The Morgan fingerprint density at radius 3 is 2.65 bits per heavy atom. The molecule has 0 spiro atoms. The van der Waals surface area contributed by atoms with Gasteiger partial charge in [-0.3, -0.25) is 0 Å². The van der Waals surface area contributed by atoms with Gasteiger partial charge in [-0.1, -0.05) is 5.16 Å². The first-order valence-electron chi connectivity index (χ1n) is 5.41. The second-order valence-corrected chi connectivity index (χ2v) is 3.93. The van der Waals surface area contributed by atoms with Gasteiger partial charge in [0.2, 0.25) is 0 Å². The predicted molar refractivity (Wildman–Crippen MR) is 63.6 cm³/mol. The Morgan fingerprint density at radius 1 is 1.35 bits per heavy atom. The number of hydrogen-bond donors (Lipinski definition) is 1. The lowest BCUT2D eigenvalue weighted by Crippen LogP contribution is -2.18. The molecule has 17 heavy (non-hydrogen) atoms. The van der Waals surface area contributed by atoms with Crippen LogP contribution in [0.25, 0.3) is 11.5 Å². The Hall–Kier alpha value is -1.88. The van der Waals surface area contributed by atoms with E-state index in [0.29, 0.717) is 18.1 Å². The smallest absolute Gasteiger partial charge is 0.257 e. The molecule has 5 nitrogen and oxygen atoms in total. The highest BCUT2D eigenvalue weighted by Crippen LogP contribution is 2.20. The molecule has 90 valence electrons. The van der Waals surface area contributed by atoms with E-state index in [0.717, 1.165) is 11.3 Å². The van der Waals surface area contributed by atoms with Crippen molar-refractivity contribution < 1.29 is 9.26 Å². The molecule has 0 saturated carbocycles. The Balaban J connectivity index is 2.18. The molecule has 2 aromatic rings.